The van der Waals surface area contributed by atoms with Gasteiger partial charge in [0.25, 0.3) is 5.91 Å². The average Bonchev–Trinajstić information content (AvgIpc) is 3.37. The van der Waals surface area contributed by atoms with Crippen LogP contribution in [0.3, 0.4) is 0 Å². The van der Waals surface area contributed by atoms with Gasteiger partial charge in [-0.2, -0.15) is 0 Å². The molecule has 1 saturated carbocycles. The number of amides is 2. The minimum atomic E-state index is -0.776. The first-order valence-electron chi connectivity index (χ1n) is 9.86. The molecule has 1 aliphatic carbocycles. The summed E-state index contributed by atoms with van der Waals surface area (Å²) in [7, 11) is 1.59. The van der Waals surface area contributed by atoms with Crippen LogP contribution in [0.5, 0.6) is 5.75 Å². The second-order valence-corrected chi connectivity index (χ2v) is 8.97. The van der Waals surface area contributed by atoms with E-state index < -0.39 is 11.6 Å². The Bertz CT molecular complexity index is 842. The van der Waals surface area contributed by atoms with Crippen molar-refractivity contribution in [2.24, 2.45) is 0 Å². The average molecular weight is 417 g/mol. The van der Waals surface area contributed by atoms with Crippen LogP contribution in [0.15, 0.2) is 29.6 Å². The van der Waals surface area contributed by atoms with Crippen molar-refractivity contribution < 1.29 is 14.3 Å². The smallest absolute Gasteiger partial charge is 0.276 e. The minimum absolute atomic E-state index is 0.0221. The first-order valence-corrected chi connectivity index (χ1v) is 10.7. The van der Waals surface area contributed by atoms with Crippen molar-refractivity contribution in [1.82, 2.24) is 19.8 Å². The molecule has 156 valence electrons. The van der Waals surface area contributed by atoms with Gasteiger partial charge in [0.2, 0.25) is 5.91 Å². The topological polar surface area (TPSA) is 84.4 Å². The molecule has 1 fully saturated rings. The summed E-state index contributed by atoms with van der Waals surface area (Å²) in [5, 5.41) is 8.66. The molecule has 0 aliphatic heterocycles. The van der Waals surface area contributed by atoms with E-state index in [-0.39, 0.29) is 23.6 Å². The van der Waals surface area contributed by atoms with Gasteiger partial charge < -0.3 is 15.0 Å². The number of hydrogen-bond donors (Lipinski definition) is 1. The van der Waals surface area contributed by atoms with Gasteiger partial charge in [-0.15, -0.1) is 5.10 Å². The molecule has 1 heterocycles. The summed E-state index contributed by atoms with van der Waals surface area (Å²) in [6, 6.07) is 6.56. The first-order chi connectivity index (χ1) is 13.8. The van der Waals surface area contributed by atoms with Crippen LogP contribution in [0.25, 0.3) is 0 Å². The number of benzene rings is 1. The number of ether oxygens (including phenoxy) is 1. The van der Waals surface area contributed by atoms with Gasteiger partial charge in [-0.05, 0) is 62.8 Å². The van der Waals surface area contributed by atoms with Crippen molar-refractivity contribution in [3.8, 4) is 5.75 Å². The lowest BCUT2D eigenvalue weighted by atomic mass is 9.98. The van der Waals surface area contributed by atoms with E-state index in [0.717, 1.165) is 42.8 Å². The van der Waals surface area contributed by atoms with Crippen molar-refractivity contribution >= 4 is 23.3 Å². The maximum absolute atomic E-state index is 13.5. The van der Waals surface area contributed by atoms with Crippen LogP contribution in [0.4, 0.5) is 0 Å². The zero-order valence-corrected chi connectivity index (χ0v) is 18.2. The van der Waals surface area contributed by atoms with Gasteiger partial charge >= 0.3 is 0 Å². The van der Waals surface area contributed by atoms with Crippen LogP contribution >= 0.6 is 11.5 Å². The number of nitrogens with zero attached hydrogens (tertiary/aromatic N) is 3. The number of nitrogens with one attached hydrogen (secondary N) is 1. The van der Waals surface area contributed by atoms with Gasteiger partial charge in [-0.3, -0.25) is 9.59 Å². The van der Waals surface area contributed by atoms with Crippen molar-refractivity contribution in [2.45, 2.75) is 64.1 Å². The molecule has 0 unspecified atom stereocenters. The molecule has 1 N–H and O–H groups in total. The highest BCUT2D eigenvalue weighted by molar-refractivity contribution is 7.03. The molecule has 29 heavy (non-hydrogen) atoms. The third kappa shape index (κ3) is 5.12. The summed E-state index contributed by atoms with van der Waals surface area (Å²) in [5.41, 5.74) is 0.564. The van der Waals surface area contributed by atoms with Gasteiger partial charge in [-0.1, -0.05) is 29.5 Å². The summed E-state index contributed by atoms with van der Waals surface area (Å²) < 4.78 is 9.21. The Labute approximate surface area is 175 Å². The third-order valence-electron chi connectivity index (χ3n) is 4.97. The molecule has 1 aromatic heterocycles. The Kier molecular flexibility index (Phi) is 6.52. The molecular weight excluding hydrogens is 388 g/mol. The highest BCUT2D eigenvalue weighted by atomic mass is 32.1. The van der Waals surface area contributed by atoms with Gasteiger partial charge in [0.1, 0.15) is 11.8 Å². The lowest BCUT2D eigenvalue weighted by Gasteiger charge is -2.37. The summed E-state index contributed by atoms with van der Waals surface area (Å²) >= 11 is 1.13. The number of hydrogen-bond acceptors (Lipinski definition) is 6. The van der Waals surface area contributed by atoms with E-state index in [9.17, 15) is 9.59 Å². The Morgan fingerprint density at radius 3 is 2.59 bits per heavy atom. The molecule has 2 aromatic rings. The maximum Gasteiger partial charge on any atom is 0.276 e. The predicted octanol–water partition coefficient (Wildman–Crippen LogP) is 3.59. The quantitative estimate of drug-likeness (QED) is 0.778. The van der Waals surface area contributed by atoms with Crippen LogP contribution in [0, 0.1) is 0 Å². The predicted molar refractivity (Wildman–Crippen MR) is 112 cm³/mol. The zero-order chi connectivity index (χ0) is 21.0. The summed E-state index contributed by atoms with van der Waals surface area (Å²) in [6.45, 7) is 5.79. The number of carbonyl (C=O) groups excluding carboxylic acids is 2. The van der Waals surface area contributed by atoms with Crippen molar-refractivity contribution in [1.29, 1.82) is 0 Å². The Hall–Kier alpha value is -2.48. The molecular formula is C21H28N4O3S. The van der Waals surface area contributed by atoms with Gasteiger partial charge in [0.05, 0.1) is 7.11 Å². The second-order valence-electron chi connectivity index (χ2n) is 8.36. The summed E-state index contributed by atoms with van der Waals surface area (Å²) in [6.07, 6.45) is 3.81. The lowest BCUT2D eigenvalue weighted by molar-refractivity contribution is -0.128. The van der Waals surface area contributed by atoms with Gasteiger partial charge in [0.15, 0.2) is 5.69 Å². The van der Waals surface area contributed by atoms with E-state index >= 15 is 0 Å². The van der Waals surface area contributed by atoms with E-state index in [4.69, 9.17) is 4.74 Å². The van der Waals surface area contributed by atoms with Crippen LogP contribution in [-0.4, -0.2) is 45.0 Å². The lowest BCUT2D eigenvalue weighted by Crippen LogP contribution is -2.51. The van der Waals surface area contributed by atoms with Crippen LogP contribution in [-0.2, 0) is 4.79 Å². The molecule has 3 rings (SSSR count). The van der Waals surface area contributed by atoms with E-state index in [1.54, 1.807) is 17.4 Å². The monoisotopic (exact) mass is 416 g/mol. The van der Waals surface area contributed by atoms with Crippen LogP contribution in [0.2, 0.25) is 0 Å². The molecule has 0 spiro atoms. The number of carbonyl (C=O) groups is 2. The molecule has 0 radical (unpaired) electrons. The second kappa shape index (κ2) is 8.90. The van der Waals surface area contributed by atoms with E-state index in [1.807, 2.05) is 45.0 Å². The van der Waals surface area contributed by atoms with E-state index in [0.29, 0.717) is 5.75 Å². The Morgan fingerprint density at radius 2 is 2.00 bits per heavy atom. The van der Waals surface area contributed by atoms with Gasteiger partial charge in [-0.25, -0.2) is 0 Å². The Balaban J connectivity index is 2.08. The molecule has 0 saturated heterocycles. The fourth-order valence-corrected chi connectivity index (χ4v) is 4.18. The third-order valence-corrected chi connectivity index (χ3v) is 5.47. The fraction of sp³-hybridized carbons (Fsp3) is 0.524. The van der Waals surface area contributed by atoms with Crippen molar-refractivity contribution in [2.75, 3.05) is 7.11 Å². The standard InChI is InChI=1S/C21H28N4O3S/c1-21(2,3)22-19(26)18(14-8-7-11-16(12-14)28-4)25(15-9-5-6-10-15)20(27)17-13-29-24-23-17/h7-8,11-13,15,18H,5-6,9-10H2,1-4H3,(H,22,26)/t18-/m1/s1. The normalized spacial score (nSPS) is 15.7. The minimum Gasteiger partial charge on any atom is -0.497 e. The van der Waals surface area contributed by atoms with Crippen LogP contribution in [0.1, 0.15) is 68.5 Å². The van der Waals surface area contributed by atoms with E-state index in [2.05, 4.69) is 14.9 Å². The SMILES string of the molecule is COc1cccc([C@H](C(=O)NC(C)(C)C)N(C(=O)c2csnn2)C2CCCC2)c1. The van der Waals surface area contributed by atoms with Crippen molar-refractivity contribution in [3.05, 3.63) is 40.9 Å². The number of aromatic nitrogens is 2. The van der Waals surface area contributed by atoms with E-state index in [1.165, 1.54) is 0 Å². The molecule has 2 amide bonds. The van der Waals surface area contributed by atoms with Gasteiger partial charge in [0, 0.05) is 17.0 Å². The largest absolute Gasteiger partial charge is 0.497 e. The molecule has 8 heteroatoms. The molecule has 0 bridgehead atoms. The molecule has 1 aliphatic rings. The highest BCUT2D eigenvalue weighted by Crippen LogP contribution is 2.34. The number of rotatable bonds is 6. The Morgan fingerprint density at radius 1 is 1.28 bits per heavy atom. The maximum atomic E-state index is 13.5. The van der Waals surface area contributed by atoms with Crippen LogP contribution < -0.4 is 10.1 Å². The number of methoxy groups -OCH3 is 1. The summed E-state index contributed by atoms with van der Waals surface area (Å²) in [4.78, 5) is 28.6. The molecule has 1 atom stereocenters. The summed E-state index contributed by atoms with van der Waals surface area (Å²) in [5.74, 6) is 0.168. The van der Waals surface area contributed by atoms with Crippen molar-refractivity contribution in [3.63, 3.8) is 0 Å². The molecule has 1 aromatic carbocycles. The first kappa shape index (κ1) is 21.2. The molecule has 7 nitrogen and oxygen atoms in total. The fourth-order valence-electron chi connectivity index (χ4n) is 3.75. The zero-order valence-electron chi connectivity index (χ0n) is 17.3. The highest BCUT2D eigenvalue weighted by Gasteiger charge is 2.39.